The Hall–Kier alpha value is -1.01. The molecule has 1 saturated heterocycles. The average Bonchev–Trinajstić information content (AvgIpc) is 3.26. The van der Waals surface area contributed by atoms with E-state index < -0.39 is 29.6 Å². The molecule has 13 heteroatoms. The number of hydrogen-bond acceptors (Lipinski definition) is 9. The number of benzene rings is 1. The first-order valence-electron chi connectivity index (χ1n) is 13.1. The largest absolute Gasteiger partial charge is 0.351 e. The van der Waals surface area contributed by atoms with Crippen molar-refractivity contribution in [1.29, 1.82) is 0 Å². The lowest BCUT2D eigenvalue weighted by atomic mass is 9.89. The molecule has 1 unspecified atom stereocenters. The quantitative estimate of drug-likeness (QED) is 0.239. The molecule has 1 aromatic carbocycles. The van der Waals surface area contributed by atoms with Crippen molar-refractivity contribution in [2.75, 3.05) is 21.9 Å². The summed E-state index contributed by atoms with van der Waals surface area (Å²) in [5.74, 6) is 2.11. The number of allylic oxidation sites excluding steroid dienone is 1. The molecule has 4 aliphatic heterocycles. The molecular weight excluding hydrogens is 622 g/mol. The van der Waals surface area contributed by atoms with E-state index in [2.05, 4.69) is 50.7 Å². The number of nitrogens with zero attached hydrogens (tertiary/aromatic N) is 2. The molecule has 4 aliphatic rings. The third-order valence-corrected chi connectivity index (χ3v) is 14.6. The van der Waals surface area contributed by atoms with Crippen LogP contribution in [-0.4, -0.2) is 48.4 Å². The molecule has 0 aromatic heterocycles. The normalized spacial score (nSPS) is 21.1. The van der Waals surface area contributed by atoms with Gasteiger partial charge in [0.15, 0.2) is 8.30 Å². The number of hydrogen-bond donors (Lipinski definition) is 2. The van der Waals surface area contributed by atoms with Crippen molar-refractivity contribution in [3.63, 3.8) is 0 Å². The minimum Gasteiger partial charge on any atom is -0.351 e. The summed E-state index contributed by atoms with van der Waals surface area (Å²) in [4.78, 5) is 51.5. The molecule has 0 bridgehead atoms. The Morgan fingerprint density at radius 1 is 1.15 bits per heavy atom. The molecule has 1 aromatic rings. The monoisotopic (exact) mass is 655 g/mol. The molecule has 7 nitrogen and oxygen atoms in total. The van der Waals surface area contributed by atoms with Gasteiger partial charge < -0.3 is 4.89 Å². The molecule has 216 valence electrons. The smallest absolute Gasteiger partial charge is 0.346 e. The van der Waals surface area contributed by atoms with Crippen LogP contribution in [0.5, 0.6) is 0 Å². The summed E-state index contributed by atoms with van der Waals surface area (Å²) in [5.41, 5.74) is 9.54. The number of nitrogens with one attached hydrogen (secondary N) is 1. The van der Waals surface area contributed by atoms with E-state index in [4.69, 9.17) is 0 Å². The van der Waals surface area contributed by atoms with Gasteiger partial charge in [-0.05, 0) is 77.0 Å². The summed E-state index contributed by atoms with van der Waals surface area (Å²) >= 11 is 7.84. The second kappa shape index (κ2) is 13.1. The van der Waals surface area contributed by atoms with Crippen LogP contribution in [-0.2, 0) is 10.5 Å². The first-order chi connectivity index (χ1) is 19.2. The van der Waals surface area contributed by atoms with E-state index >= 15 is 0 Å². The van der Waals surface area contributed by atoms with Gasteiger partial charge in [0.1, 0.15) is 4.08 Å². The topological polar surface area (TPSA) is 90.0 Å². The molecular formula is C27H34N3O4PS5. The van der Waals surface area contributed by atoms with E-state index in [1.54, 1.807) is 11.8 Å². The molecule has 0 radical (unpaired) electrons. The van der Waals surface area contributed by atoms with E-state index in [1.165, 1.54) is 27.6 Å². The zero-order valence-corrected chi connectivity index (χ0v) is 28.6. The standard InChI is InChI=1S/C25H28N3O4PS5.C2H6/c1-6-36-25(37-7-2)14(4)15(5)38-22-20(25)18-10-16-11-34-9-8-17(16)13(3)21(18)28(33(22)32)23(30)26-27-19(29)12-35-24(27)31;1-2/h8-10,32H,6-7,11-12H2,1-5H3,(H,26,30);1-2H3. The minimum absolute atomic E-state index is 0.0159. The fraction of sp³-hybridized carbons (Fsp3) is 0.444. The van der Waals surface area contributed by atoms with Gasteiger partial charge in [0.05, 0.1) is 16.1 Å². The van der Waals surface area contributed by atoms with Crippen molar-refractivity contribution in [3.05, 3.63) is 48.9 Å². The van der Waals surface area contributed by atoms with Crippen LogP contribution >= 0.6 is 67.1 Å². The number of urea groups is 1. The molecule has 1 atom stereocenters. The van der Waals surface area contributed by atoms with Gasteiger partial charge in [0.2, 0.25) is 0 Å². The zero-order chi connectivity index (χ0) is 29.4. The highest BCUT2D eigenvalue weighted by atomic mass is 32.2. The highest BCUT2D eigenvalue weighted by Gasteiger charge is 2.51. The van der Waals surface area contributed by atoms with Gasteiger partial charge in [-0.15, -0.1) is 35.3 Å². The summed E-state index contributed by atoms with van der Waals surface area (Å²) in [7, 11) is -2.12. The Labute approximate surface area is 259 Å². The van der Waals surface area contributed by atoms with Crippen LogP contribution in [0.3, 0.4) is 0 Å². The number of thioether (sulfide) groups is 5. The minimum atomic E-state index is -2.12. The van der Waals surface area contributed by atoms with Crippen molar-refractivity contribution in [2.45, 2.75) is 58.3 Å². The molecule has 4 amide bonds. The van der Waals surface area contributed by atoms with E-state index in [0.29, 0.717) is 5.69 Å². The van der Waals surface area contributed by atoms with Crippen molar-refractivity contribution in [2.24, 2.45) is 0 Å². The number of imide groups is 1. The number of rotatable bonds is 5. The van der Waals surface area contributed by atoms with Crippen LogP contribution < -0.4 is 10.1 Å². The van der Waals surface area contributed by atoms with Gasteiger partial charge in [-0.25, -0.2) is 14.9 Å². The van der Waals surface area contributed by atoms with Crippen molar-refractivity contribution in [1.82, 2.24) is 10.4 Å². The predicted molar refractivity (Wildman–Crippen MR) is 180 cm³/mol. The summed E-state index contributed by atoms with van der Waals surface area (Å²) in [6.07, 6.45) is 2.06. The lowest BCUT2D eigenvalue weighted by Crippen LogP contribution is -2.50. The van der Waals surface area contributed by atoms with Crippen LogP contribution in [0.2, 0.25) is 0 Å². The van der Waals surface area contributed by atoms with Gasteiger partial charge in [-0.1, -0.05) is 51.2 Å². The second-order valence-electron chi connectivity index (χ2n) is 8.83. The van der Waals surface area contributed by atoms with Gasteiger partial charge >= 0.3 is 11.3 Å². The van der Waals surface area contributed by atoms with E-state index in [1.807, 2.05) is 44.3 Å². The highest BCUT2D eigenvalue weighted by Crippen LogP contribution is 2.71. The van der Waals surface area contributed by atoms with Crippen molar-refractivity contribution >= 4 is 102 Å². The first-order valence-corrected chi connectivity index (χ1v) is 19.2. The van der Waals surface area contributed by atoms with E-state index in [9.17, 15) is 19.3 Å². The molecule has 0 spiro atoms. The number of carbonyl (C=O) groups is 3. The molecule has 1 fully saturated rings. The second-order valence-corrected chi connectivity index (χ2v) is 16.8. The number of anilines is 1. The number of hydrazine groups is 1. The summed E-state index contributed by atoms with van der Waals surface area (Å²) in [6, 6.07) is 1.50. The summed E-state index contributed by atoms with van der Waals surface area (Å²) < 4.78 is 1.77. The maximum atomic E-state index is 13.8. The average molecular weight is 656 g/mol. The Bertz CT molecular complexity index is 1320. The first kappa shape index (κ1) is 31.9. The molecule has 2 N–H and O–H groups in total. The Morgan fingerprint density at radius 3 is 2.42 bits per heavy atom. The molecule has 5 rings (SSSR count). The van der Waals surface area contributed by atoms with Gasteiger partial charge in [0.25, 0.3) is 5.91 Å². The van der Waals surface area contributed by atoms with Crippen LogP contribution in [0.4, 0.5) is 15.3 Å². The zero-order valence-electron chi connectivity index (χ0n) is 23.6. The molecule has 40 heavy (non-hydrogen) atoms. The number of fused-ring (bicyclic) bond motifs is 3. The third-order valence-electron chi connectivity index (χ3n) is 6.76. The summed E-state index contributed by atoms with van der Waals surface area (Å²) in [5, 5.41) is 2.29. The van der Waals surface area contributed by atoms with Crippen LogP contribution in [0.1, 0.15) is 63.8 Å². The number of carbonyl (C=O) groups excluding carboxylic acids is 3. The van der Waals surface area contributed by atoms with E-state index in [-0.39, 0.29) is 5.75 Å². The van der Waals surface area contributed by atoms with Gasteiger partial charge in [0, 0.05) is 16.9 Å². The maximum Gasteiger partial charge on any atom is 0.346 e. The van der Waals surface area contributed by atoms with Crippen molar-refractivity contribution in [3.8, 4) is 0 Å². The fourth-order valence-corrected chi connectivity index (χ4v) is 13.4. The Morgan fingerprint density at radius 2 is 1.82 bits per heavy atom. The van der Waals surface area contributed by atoms with Gasteiger partial charge in [-0.2, -0.15) is 5.01 Å². The number of amides is 4. The lowest BCUT2D eigenvalue weighted by Gasteiger charge is -2.47. The van der Waals surface area contributed by atoms with Crippen LogP contribution in [0.25, 0.3) is 11.6 Å². The fourth-order valence-electron chi connectivity index (χ4n) is 5.01. The molecule has 0 aliphatic carbocycles. The predicted octanol–water partition coefficient (Wildman–Crippen LogP) is 8.59. The Balaban J connectivity index is 0.00000181. The molecule has 0 saturated carbocycles. The third kappa shape index (κ3) is 5.31. The highest BCUT2D eigenvalue weighted by molar-refractivity contribution is 8.20. The van der Waals surface area contributed by atoms with Gasteiger partial charge in [-0.3, -0.25) is 9.59 Å². The lowest BCUT2D eigenvalue weighted by molar-refractivity contribution is -0.126. The summed E-state index contributed by atoms with van der Waals surface area (Å²) in [6.45, 7) is 14.6. The maximum absolute atomic E-state index is 13.8. The SMILES string of the molecule is CC.CCSC1(SCC)C(C)=C(C)SC2=C1c1cc3c(c(C)c1N(C(=O)NN1C(=O)CSC1=O)P2O)C=CSC3. The Kier molecular flexibility index (Phi) is 10.5. The van der Waals surface area contributed by atoms with Crippen molar-refractivity contribution < 1.29 is 19.3 Å². The van der Waals surface area contributed by atoms with Crippen LogP contribution in [0.15, 0.2) is 26.6 Å². The molecule has 4 heterocycles. The van der Waals surface area contributed by atoms with E-state index in [0.717, 1.165) is 65.8 Å². The van der Waals surface area contributed by atoms with Crippen LogP contribution in [0, 0.1) is 6.92 Å².